The zero-order valence-corrected chi connectivity index (χ0v) is 16.1. The van der Waals surface area contributed by atoms with E-state index in [9.17, 15) is 18.8 Å². The first kappa shape index (κ1) is 19.5. The molecule has 0 saturated carbocycles. The molecule has 0 radical (unpaired) electrons. The number of nitrogens with zero attached hydrogens (tertiary/aromatic N) is 1. The maximum atomic E-state index is 13.3. The molecule has 0 fully saturated rings. The normalized spacial score (nSPS) is 17.1. The zero-order chi connectivity index (χ0) is 19.6. The smallest absolute Gasteiger partial charge is 0.238 e. The molecular weight excluding hydrogens is 368 g/mol. The van der Waals surface area contributed by atoms with Crippen LogP contribution in [0.1, 0.15) is 47.9 Å². The van der Waals surface area contributed by atoms with E-state index in [2.05, 4.69) is 23.6 Å². The highest BCUT2D eigenvalue weighted by molar-refractivity contribution is 7.16. The number of carbonyl (C=O) groups excluding carboxylic acids is 1. The van der Waals surface area contributed by atoms with Gasteiger partial charge >= 0.3 is 0 Å². The monoisotopic (exact) mass is 389 g/mol. The van der Waals surface area contributed by atoms with Crippen LogP contribution in [0.5, 0.6) is 0 Å². The summed E-state index contributed by atoms with van der Waals surface area (Å²) in [6.07, 6.45) is 2.87. The number of nitrogens with one attached hydrogen (secondary N) is 2. The van der Waals surface area contributed by atoms with Gasteiger partial charge in [-0.1, -0.05) is 13.0 Å². The Morgan fingerprint density at radius 3 is 2.89 bits per heavy atom. The van der Waals surface area contributed by atoms with E-state index >= 15 is 0 Å². The quantitative estimate of drug-likeness (QED) is 0.801. The molecular formula is C20H21F2N3OS. The fraction of sp³-hybridized carbons (Fsp3) is 0.400. The van der Waals surface area contributed by atoms with E-state index < -0.39 is 11.6 Å². The van der Waals surface area contributed by atoms with Crippen LogP contribution in [-0.4, -0.2) is 12.5 Å². The van der Waals surface area contributed by atoms with Gasteiger partial charge in [-0.3, -0.25) is 4.79 Å². The number of rotatable bonds is 5. The molecule has 1 aromatic heterocycles. The lowest BCUT2D eigenvalue weighted by atomic mass is 9.89. The number of hydrogen-bond acceptors (Lipinski definition) is 4. The Labute approximate surface area is 161 Å². The third kappa shape index (κ3) is 4.34. The van der Waals surface area contributed by atoms with Crippen LogP contribution in [0.25, 0.3) is 0 Å². The third-order valence-electron chi connectivity index (χ3n) is 4.89. The topological polar surface area (TPSA) is 64.9 Å². The van der Waals surface area contributed by atoms with E-state index in [1.807, 2.05) is 0 Å². The molecule has 4 nitrogen and oxygen atoms in total. The fourth-order valence-corrected chi connectivity index (χ4v) is 4.65. The Kier molecular flexibility index (Phi) is 5.88. The van der Waals surface area contributed by atoms with Crippen LogP contribution in [0, 0.1) is 28.9 Å². The van der Waals surface area contributed by atoms with Gasteiger partial charge in [0.2, 0.25) is 5.91 Å². The molecule has 0 spiro atoms. The van der Waals surface area contributed by atoms with E-state index in [0.29, 0.717) is 22.0 Å². The van der Waals surface area contributed by atoms with Gasteiger partial charge in [0, 0.05) is 10.9 Å². The Bertz CT molecular complexity index is 903. The van der Waals surface area contributed by atoms with Gasteiger partial charge in [0.1, 0.15) is 11.1 Å². The Morgan fingerprint density at radius 1 is 1.41 bits per heavy atom. The molecule has 0 aliphatic heterocycles. The predicted molar refractivity (Wildman–Crippen MR) is 102 cm³/mol. The Morgan fingerprint density at radius 2 is 2.19 bits per heavy atom. The van der Waals surface area contributed by atoms with E-state index in [0.717, 1.165) is 37.0 Å². The number of nitriles is 1. The first-order chi connectivity index (χ1) is 12.9. The van der Waals surface area contributed by atoms with Crippen LogP contribution >= 0.6 is 11.3 Å². The second kappa shape index (κ2) is 8.15. The standard InChI is InChI=1S/C20H21F2N3OS/c1-11-3-5-14-15(9-23)20(27-18(14)7-11)25-19(26)10-24-12(2)13-4-6-16(21)17(22)8-13/h4,6,8,11-12,24H,3,5,7,10H2,1-2H3,(H,25,26)/t11-,12-/m1/s1. The van der Waals surface area contributed by atoms with Crippen LogP contribution in [0.2, 0.25) is 0 Å². The second-order valence-corrected chi connectivity index (χ2v) is 8.10. The molecule has 2 atom stereocenters. The lowest BCUT2D eigenvalue weighted by Gasteiger charge is -2.17. The minimum Gasteiger partial charge on any atom is -0.315 e. The van der Waals surface area contributed by atoms with Crippen LogP contribution in [0.15, 0.2) is 18.2 Å². The predicted octanol–water partition coefficient (Wildman–Crippen LogP) is 4.31. The van der Waals surface area contributed by atoms with Gasteiger partial charge in [0.25, 0.3) is 0 Å². The first-order valence-corrected chi connectivity index (χ1v) is 9.73. The summed E-state index contributed by atoms with van der Waals surface area (Å²) >= 11 is 1.48. The van der Waals surface area contributed by atoms with Gasteiger partial charge < -0.3 is 10.6 Å². The molecule has 7 heteroatoms. The van der Waals surface area contributed by atoms with Crippen molar-refractivity contribution in [2.45, 2.75) is 39.2 Å². The van der Waals surface area contributed by atoms with Crippen molar-refractivity contribution < 1.29 is 13.6 Å². The van der Waals surface area contributed by atoms with Gasteiger partial charge in [-0.25, -0.2) is 8.78 Å². The van der Waals surface area contributed by atoms with Gasteiger partial charge in [0.05, 0.1) is 12.1 Å². The molecule has 1 aliphatic carbocycles. The average Bonchev–Trinajstić information content (AvgIpc) is 2.97. The van der Waals surface area contributed by atoms with Gasteiger partial charge in [-0.2, -0.15) is 5.26 Å². The van der Waals surface area contributed by atoms with E-state index in [-0.39, 0.29) is 18.5 Å². The second-order valence-electron chi connectivity index (χ2n) is 6.99. The Balaban J connectivity index is 1.63. The molecule has 1 aliphatic rings. The molecule has 142 valence electrons. The summed E-state index contributed by atoms with van der Waals surface area (Å²) in [4.78, 5) is 13.5. The van der Waals surface area contributed by atoms with E-state index in [1.54, 1.807) is 6.92 Å². The van der Waals surface area contributed by atoms with Crippen molar-refractivity contribution in [2.75, 3.05) is 11.9 Å². The zero-order valence-electron chi connectivity index (χ0n) is 15.2. The SMILES string of the molecule is C[C@@H]1CCc2c(sc(NC(=O)CN[C@H](C)c3ccc(F)c(F)c3)c2C#N)C1. The Hall–Kier alpha value is -2.30. The molecule has 1 heterocycles. The summed E-state index contributed by atoms with van der Waals surface area (Å²) in [6.45, 7) is 3.96. The molecule has 0 saturated heterocycles. The number of halogens is 2. The highest BCUT2D eigenvalue weighted by Crippen LogP contribution is 2.39. The summed E-state index contributed by atoms with van der Waals surface area (Å²) < 4.78 is 26.4. The van der Waals surface area contributed by atoms with Crippen molar-refractivity contribution in [1.82, 2.24) is 5.32 Å². The molecule has 0 unspecified atom stereocenters. The number of carbonyl (C=O) groups is 1. The van der Waals surface area contributed by atoms with Gasteiger partial charge in [-0.15, -0.1) is 11.3 Å². The average molecular weight is 389 g/mol. The largest absolute Gasteiger partial charge is 0.315 e. The number of fused-ring (bicyclic) bond motifs is 1. The number of amides is 1. The molecule has 1 amide bonds. The summed E-state index contributed by atoms with van der Waals surface area (Å²) in [5, 5.41) is 15.9. The molecule has 27 heavy (non-hydrogen) atoms. The number of hydrogen-bond donors (Lipinski definition) is 2. The minimum absolute atomic E-state index is 0.00397. The molecule has 3 rings (SSSR count). The lowest BCUT2D eigenvalue weighted by Crippen LogP contribution is -2.30. The van der Waals surface area contributed by atoms with Crippen molar-refractivity contribution in [3.63, 3.8) is 0 Å². The van der Waals surface area contributed by atoms with Crippen LogP contribution < -0.4 is 10.6 Å². The van der Waals surface area contributed by atoms with Gasteiger partial charge in [-0.05, 0) is 55.4 Å². The molecule has 0 bridgehead atoms. The minimum atomic E-state index is -0.914. The maximum absolute atomic E-state index is 13.3. The highest BCUT2D eigenvalue weighted by Gasteiger charge is 2.24. The molecule has 2 aromatic rings. The summed E-state index contributed by atoms with van der Waals surface area (Å²) in [7, 11) is 0. The van der Waals surface area contributed by atoms with E-state index in [1.165, 1.54) is 22.3 Å². The summed E-state index contributed by atoms with van der Waals surface area (Å²) in [5.74, 6) is -1.50. The first-order valence-electron chi connectivity index (χ1n) is 8.91. The van der Waals surface area contributed by atoms with Crippen LogP contribution in [0.4, 0.5) is 13.8 Å². The van der Waals surface area contributed by atoms with Crippen molar-refractivity contribution in [2.24, 2.45) is 5.92 Å². The van der Waals surface area contributed by atoms with Crippen molar-refractivity contribution in [3.8, 4) is 6.07 Å². The summed E-state index contributed by atoms with van der Waals surface area (Å²) in [5.41, 5.74) is 2.20. The van der Waals surface area contributed by atoms with Crippen LogP contribution in [-0.2, 0) is 17.6 Å². The molecule has 1 aromatic carbocycles. The highest BCUT2D eigenvalue weighted by atomic mass is 32.1. The lowest BCUT2D eigenvalue weighted by molar-refractivity contribution is -0.115. The number of thiophene rings is 1. The van der Waals surface area contributed by atoms with Crippen molar-refractivity contribution in [3.05, 3.63) is 51.4 Å². The van der Waals surface area contributed by atoms with Crippen LogP contribution in [0.3, 0.4) is 0 Å². The third-order valence-corrected chi connectivity index (χ3v) is 6.06. The van der Waals surface area contributed by atoms with Crippen molar-refractivity contribution >= 4 is 22.2 Å². The maximum Gasteiger partial charge on any atom is 0.238 e. The fourth-order valence-electron chi connectivity index (χ4n) is 3.27. The number of benzene rings is 1. The number of anilines is 1. The van der Waals surface area contributed by atoms with E-state index in [4.69, 9.17) is 0 Å². The van der Waals surface area contributed by atoms with Gasteiger partial charge in [0.15, 0.2) is 11.6 Å². The van der Waals surface area contributed by atoms with Crippen molar-refractivity contribution in [1.29, 1.82) is 5.26 Å². The summed E-state index contributed by atoms with van der Waals surface area (Å²) in [6, 6.07) is 5.57. The molecule has 2 N–H and O–H groups in total.